The summed E-state index contributed by atoms with van der Waals surface area (Å²) in [6.45, 7) is 31.2. The van der Waals surface area contributed by atoms with E-state index in [1.165, 1.54) is 22.3 Å². The molecule has 0 unspecified atom stereocenters. The first-order chi connectivity index (χ1) is 34.9. The van der Waals surface area contributed by atoms with Crippen molar-refractivity contribution in [3.63, 3.8) is 0 Å². The average molecular weight is 1180 g/mol. The Labute approximate surface area is 455 Å². The van der Waals surface area contributed by atoms with Crippen LogP contribution < -0.4 is 16.4 Å². The van der Waals surface area contributed by atoms with Crippen molar-refractivity contribution in [3.05, 3.63) is 167 Å². The maximum atomic E-state index is 14.4. The van der Waals surface area contributed by atoms with Crippen LogP contribution in [-0.2, 0) is 19.5 Å². The van der Waals surface area contributed by atoms with Crippen LogP contribution in [0.25, 0.3) is 9.96 Å². The second-order valence-electron chi connectivity index (χ2n) is 20.9. The first-order valence-corrected chi connectivity index (χ1v) is 30.7. The van der Waals surface area contributed by atoms with Gasteiger partial charge in [-0.15, -0.1) is 11.4 Å². The number of nitriles is 1. The Bertz CT molecular complexity index is 2770. The van der Waals surface area contributed by atoms with Crippen molar-refractivity contribution in [2.45, 2.75) is 132 Å². The molecule has 0 saturated carbocycles. The van der Waals surface area contributed by atoms with E-state index in [2.05, 4.69) is 137 Å². The van der Waals surface area contributed by atoms with Gasteiger partial charge >= 0.3 is 19.5 Å². The fourth-order valence-corrected chi connectivity index (χ4v) is 16.3. The Balaban J connectivity index is 0.000000449. The number of hydrogen-bond acceptors (Lipinski definition) is 2. The number of allylic oxidation sites excluding steroid dienone is 2. The number of nitrogens with zero attached hydrogens (tertiary/aromatic N) is 4. The fraction of sp³-hybridized carbons (Fsp3) is 0.370. The number of para-hydroxylation sites is 2. The van der Waals surface area contributed by atoms with Gasteiger partial charge in [-0.25, -0.2) is 65.9 Å². The molecule has 0 aliphatic heterocycles. The third kappa shape index (κ3) is 15.6. The molecule has 0 bridgehead atoms. The van der Waals surface area contributed by atoms with Gasteiger partial charge in [-0.05, 0) is 41.7 Å². The van der Waals surface area contributed by atoms with E-state index in [0.717, 1.165) is 11.4 Å². The Morgan fingerprint density at radius 1 is 0.455 bits per heavy atom. The van der Waals surface area contributed by atoms with Gasteiger partial charge in [0, 0.05) is 16.4 Å². The van der Waals surface area contributed by atoms with E-state index in [0.29, 0.717) is 40.7 Å². The molecule has 77 heavy (non-hydrogen) atoms. The maximum absolute atomic E-state index is 14.4. The molecule has 5 aromatic carbocycles. The summed E-state index contributed by atoms with van der Waals surface area (Å²) in [4.78, 5) is 5.03. The quantitative estimate of drug-likeness (QED) is 0.0289. The summed E-state index contributed by atoms with van der Waals surface area (Å²) in [6.07, 6.45) is 0. The molecule has 0 saturated heterocycles. The van der Waals surface area contributed by atoms with Gasteiger partial charge in [0.25, 0.3) is 6.71 Å². The van der Waals surface area contributed by atoms with Crippen LogP contribution in [0.2, 0.25) is 39.3 Å². The molecule has 0 fully saturated rings. The van der Waals surface area contributed by atoms with Crippen LogP contribution in [-0.4, -0.2) is 28.9 Å². The van der Waals surface area contributed by atoms with Crippen LogP contribution in [0.1, 0.15) is 115 Å². The van der Waals surface area contributed by atoms with E-state index >= 15 is 0 Å². The van der Waals surface area contributed by atoms with Gasteiger partial charge in [0.1, 0.15) is 0 Å². The Kier molecular flexibility index (Phi) is 23.9. The number of halogens is 15. The molecule has 0 amide bonds. The van der Waals surface area contributed by atoms with Gasteiger partial charge in [-0.3, -0.25) is 4.99 Å². The van der Waals surface area contributed by atoms with Gasteiger partial charge in [0.15, 0.2) is 87.3 Å². The summed E-state index contributed by atoms with van der Waals surface area (Å²) in [6, 6.07) is 15.2. The summed E-state index contributed by atoms with van der Waals surface area (Å²) in [5.74, 6) is -43.8. The molecule has 5 aromatic rings. The molecule has 0 heterocycles. The van der Waals surface area contributed by atoms with Crippen molar-refractivity contribution in [2.24, 2.45) is 4.99 Å². The van der Waals surface area contributed by atoms with Crippen molar-refractivity contribution < 1.29 is 85.3 Å². The van der Waals surface area contributed by atoms with E-state index < -0.39 is 127 Å². The first-order valence-electron chi connectivity index (χ1n) is 23.8. The molecule has 0 spiro atoms. The predicted octanol–water partition coefficient (Wildman–Crippen LogP) is 17.1. The minimum atomic E-state index is -3.96. The molecule has 412 valence electrons. The Hall–Kier alpha value is -5.17. The van der Waals surface area contributed by atoms with Gasteiger partial charge in [-0.1, -0.05) is 166 Å². The molecule has 0 aliphatic rings. The average Bonchev–Trinajstić information content (AvgIpc) is 3.31. The second-order valence-corrected chi connectivity index (χ2v) is 30.5. The van der Waals surface area contributed by atoms with E-state index in [1.807, 2.05) is 13.8 Å². The molecule has 0 N–H and O–H groups in total. The van der Waals surface area contributed by atoms with Gasteiger partial charge in [-0.2, -0.15) is 5.26 Å². The van der Waals surface area contributed by atoms with E-state index in [4.69, 9.17) is 15.0 Å². The summed E-state index contributed by atoms with van der Waals surface area (Å²) in [5, 5.41) is 15.1. The standard InChI is InChI=1S/C30H40N3.C18BF15.C6H18NSi2.Zn/c1-18(2)24-13-11-14-25(19(3)4)29(24)32-22(9)28(17-31)23(10)33-30-26(20(5)6)15-12-16-27(30)21(7)8;20-4-1(5(21)11(27)16(32)10(4)26)19(2-6(22)12(28)17(33)13(29)7(2)23)3-8(24)14(30)18(34)15(31)9(3)25;1-8(2,3)7-9(4,5)6;/h11-16,18-21H,1-10H3;;1-6H3;/q-1;;-1;+2/b28-22-,33-23?;;;. The summed E-state index contributed by atoms with van der Waals surface area (Å²) in [7, 11) is -2.21. The molecule has 4 nitrogen and oxygen atoms in total. The molecule has 0 radical (unpaired) electrons. The Morgan fingerprint density at radius 2 is 0.701 bits per heavy atom. The third-order valence-electron chi connectivity index (χ3n) is 11.3. The summed E-state index contributed by atoms with van der Waals surface area (Å²) in [5.41, 5.74) is 0.740. The fourth-order valence-electron chi connectivity index (χ4n) is 8.22. The minimum absolute atomic E-state index is 0. The van der Waals surface area contributed by atoms with Crippen LogP contribution in [0.15, 0.2) is 52.7 Å². The van der Waals surface area contributed by atoms with Crippen molar-refractivity contribution in [3.8, 4) is 6.07 Å². The normalized spacial score (nSPS) is 12.3. The van der Waals surface area contributed by atoms with Crippen LogP contribution in [0.5, 0.6) is 0 Å². The third-order valence-corrected chi connectivity index (χ3v) is 16.7. The first kappa shape index (κ1) is 67.9. The second kappa shape index (κ2) is 27.1. The Morgan fingerprint density at radius 3 is 0.922 bits per heavy atom. The number of aliphatic imine (C=N–C) groups is 1. The van der Waals surface area contributed by atoms with Crippen LogP contribution in [0.4, 0.5) is 77.2 Å². The smallest absolute Gasteiger partial charge is 0.668 e. The SMILES string of the molecule is CC(=Nc1c(C(C)C)cccc1C(C)C)/C(C#N)=C(/C)[N-]c1c(C(C)C)cccc1C(C)C.C[Si](C)(C)[N-][Si](C)(C)C.Fc1c(F)c(F)c(B(c2c(F)c(F)c(F)c(F)c2F)c2c(F)c(F)c(F)c(F)c2F)c(F)c1F.[Zn+2]. The summed E-state index contributed by atoms with van der Waals surface area (Å²) < 4.78 is 213. The van der Waals surface area contributed by atoms with Crippen LogP contribution >= 0.6 is 0 Å². The van der Waals surface area contributed by atoms with Crippen molar-refractivity contribution >= 4 is 56.7 Å². The maximum Gasteiger partial charge on any atom is 2.00 e. The molecule has 0 atom stereocenters. The van der Waals surface area contributed by atoms with Gasteiger partial charge < -0.3 is 9.96 Å². The van der Waals surface area contributed by atoms with Gasteiger partial charge in [0.2, 0.25) is 0 Å². The molecular weight excluding hydrogens is 1120 g/mol. The minimum Gasteiger partial charge on any atom is -0.668 e. The molecule has 0 aliphatic carbocycles. The van der Waals surface area contributed by atoms with Crippen LogP contribution in [0, 0.1) is 98.6 Å². The van der Waals surface area contributed by atoms with E-state index in [-0.39, 0.29) is 19.5 Å². The molecule has 23 heteroatoms. The monoisotopic (exact) mass is 1180 g/mol. The summed E-state index contributed by atoms with van der Waals surface area (Å²) >= 11 is 0. The number of rotatable bonds is 13. The number of benzene rings is 5. The van der Waals surface area contributed by atoms with Gasteiger partial charge in [0.05, 0.1) is 23.0 Å². The molecule has 5 rings (SSSR count). The molecule has 0 aromatic heterocycles. The zero-order valence-corrected chi connectivity index (χ0v) is 50.5. The topological polar surface area (TPSA) is 64.3 Å². The zero-order chi connectivity index (χ0) is 58.5. The largest absolute Gasteiger partial charge is 2.00 e. The van der Waals surface area contributed by atoms with Crippen molar-refractivity contribution in [1.29, 1.82) is 5.26 Å². The number of hydrogen-bond donors (Lipinski definition) is 0. The van der Waals surface area contributed by atoms with Crippen molar-refractivity contribution in [1.82, 2.24) is 0 Å². The predicted molar refractivity (Wildman–Crippen MR) is 277 cm³/mol. The van der Waals surface area contributed by atoms with E-state index in [9.17, 15) is 71.1 Å². The van der Waals surface area contributed by atoms with Crippen LogP contribution in [0.3, 0.4) is 0 Å². The van der Waals surface area contributed by atoms with E-state index in [1.54, 1.807) is 0 Å². The van der Waals surface area contributed by atoms with Crippen molar-refractivity contribution in [2.75, 3.05) is 0 Å². The molecular formula is C54H58BF15N4Si2Zn. The zero-order valence-electron chi connectivity index (χ0n) is 45.5.